The fourth-order valence-corrected chi connectivity index (χ4v) is 0.381. The number of ether oxygens (including phenoxy) is 1. The maximum absolute atomic E-state index is 10.5. The number of esters is 1. The van der Waals surface area contributed by atoms with E-state index in [2.05, 4.69) is 4.74 Å². The lowest BCUT2D eigenvalue weighted by Crippen LogP contribution is -2.00. The van der Waals surface area contributed by atoms with E-state index in [0.29, 0.717) is 0 Å². The van der Waals surface area contributed by atoms with Gasteiger partial charge in [-0.05, 0) is 6.92 Å². The molecule has 3 heteroatoms. The number of nitriles is 1. The largest absolute Gasteiger partial charge is 0.461 e. The van der Waals surface area contributed by atoms with Crippen molar-refractivity contribution in [3.8, 4) is 6.07 Å². The van der Waals surface area contributed by atoms with Gasteiger partial charge < -0.3 is 4.74 Å². The highest BCUT2D eigenvalue weighted by atomic mass is 16.5. The first-order valence-electron chi connectivity index (χ1n) is 2.97. The second kappa shape index (κ2) is 5.83. The molecule has 0 fully saturated rings. The number of hydrogen-bond acceptors (Lipinski definition) is 3. The molecule has 0 aromatic rings. The maximum atomic E-state index is 10.5. The molecule has 10 heavy (non-hydrogen) atoms. The van der Waals surface area contributed by atoms with Gasteiger partial charge in [0.2, 0.25) is 0 Å². The Balaban J connectivity index is 3.33. The standard InChI is InChI=1S/C7H9NO2/c1-2-4-7(9)10-6-3-5-8/h2,4H,3,6H2,1H3/b4-2-. The van der Waals surface area contributed by atoms with E-state index < -0.39 is 5.97 Å². The lowest BCUT2D eigenvalue weighted by molar-refractivity contribution is -0.137. The molecule has 0 spiro atoms. The van der Waals surface area contributed by atoms with Crippen molar-refractivity contribution in [2.75, 3.05) is 6.61 Å². The van der Waals surface area contributed by atoms with Crippen LogP contribution in [-0.2, 0) is 9.53 Å². The topological polar surface area (TPSA) is 50.1 Å². The fraction of sp³-hybridized carbons (Fsp3) is 0.429. The van der Waals surface area contributed by atoms with Crippen LogP contribution in [0.1, 0.15) is 13.3 Å². The van der Waals surface area contributed by atoms with E-state index in [4.69, 9.17) is 5.26 Å². The first-order valence-corrected chi connectivity index (χ1v) is 2.97. The molecule has 0 saturated carbocycles. The van der Waals surface area contributed by atoms with Crippen LogP contribution in [0.15, 0.2) is 12.2 Å². The van der Waals surface area contributed by atoms with Crippen LogP contribution in [0.25, 0.3) is 0 Å². The molecule has 0 N–H and O–H groups in total. The van der Waals surface area contributed by atoms with Crippen LogP contribution in [0, 0.1) is 11.3 Å². The van der Waals surface area contributed by atoms with E-state index in [9.17, 15) is 4.79 Å². The lowest BCUT2D eigenvalue weighted by Gasteiger charge is -1.94. The molecule has 0 heterocycles. The molecule has 0 aliphatic heterocycles. The van der Waals surface area contributed by atoms with Crippen molar-refractivity contribution < 1.29 is 9.53 Å². The number of hydrogen-bond donors (Lipinski definition) is 0. The van der Waals surface area contributed by atoms with Crippen molar-refractivity contribution in [1.82, 2.24) is 0 Å². The second-order valence-corrected chi connectivity index (χ2v) is 1.58. The Morgan fingerprint density at radius 3 is 3.00 bits per heavy atom. The molecule has 0 radical (unpaired) electrons. The van der Waals surface area contributed by atoms with Crippen LogP contribution in [-0.4, -0.2) is 12.6 Å². The average Bonchev–Trinajstić information content (AvgIpc) is 1.89. The third kappa shape index (κ3) is 4.85. The van der Waals surface area contributed by atoms with Gasteiger partial charge >= 0.3 is 5.97 Å². The number of carbonyl (C=O) groups excluding carboxylic acids is 1. The van der Waals surface area contributed by atoms with Crippen LogP contribution in [0.3, 0.4) is 0 Å². The van der Waals surface area contributed by atoms with Crippen molar-refractivity contribution in [3.63, 3.8) is 0 Å². The van der Waals surface area contributed by atoms with Crippen LogP contribution in [0.4, 0.5) is 0 Å². The molecular weight excluding hydrogens is 130 g/mol. The zero-order valence-corrected chi connectivity index (χ0v) is 5.83. The van der Waals surface area contributed by atoms with E-state index >= 15 is 0 Å². The molecule has 0 rings (SSSR count). The van der Waals surface area contributed by atoms with E-state index in [-0.39, 0.29) is 13.0 Å². The van der Waals surface area contributed by atoms with Crippen molar-refractivity contribution in [2.45, 2.75) is 13.3 Å². The number of carbonyl (C=O) groups is 1. The quantitative estimate of drug-likeness (QED) is 0.333. The smallest absolute Gasteiger partial charge is 0.330 e. The molecule has 0 amide bonds. The fourth-order valence-electron chi connectivity index (χ4n) is 0.381. The molecule has 0 aromatic heterocycles. The van der Waals surface area contributed by atoms with Gasteiger partial charge in [-0.2, -0.15) is 5.26 Å². The molecule has 0 aliphatic carbocycles. The molecule has 54 valence electrons. The lowest BCUT2D eigenvalue weighted by atomic mass is 10.5. The summed E-state index contributed by atoms with van der Waals surface area (Å²) in [5, 5.41) is 8.05. The molecule has 0 aromatic carbocycles. The van der Waals surface area contributed by atoms with Crippen molar-refractivity contribution in [3.05, 3.63) is 12.2 Å². The second-order valence-electron chi connectivity index (χ2n) is 1.58. The highest BCUT2D eigenvalue weighted by Gasteiger charge is 1.92. The van der Waals surface area contributed by atoms with Gasteiger partial charge in [-0.3, -0.25) is 0 Å². The zero-order chi connectivity index (χ0) is 7.82. The number of rotatable bonds is 3. The summed E-state index contributed by atoms with van der Waals surface area (Å²) in [4.78, 5) is 10.5. The molecule has 0 bridgehead atoms. The van der Waals surface area contributed by atoms with Gasteiger partial charge in [-0.1, -0.05) is 6.08 Å². The summed E-state index contributed by atoms with van der Waals surface area (Å²) in [6.07, 6.45) is 3.16. The Bertz CT molecular complexity index is 167. The molecule has 0 unspecified atom stereocenters. The molecule has 0 saturated heterocycles. The average molecular weight is 139 g/mol. The summed E-state index contributed by atoms with van der Waals surface area (Å²) < 4.78 is 4.57. The summed E-state index contributed by atoms with van der Waals surface area (Å²) in [7, 11) is 0. The van der Waals surface area contributed by atoms with Gasteiger partial charge in [-0.25, -0.2) is 4.79 Å². The normalized spacial score (nSPS) is 9.20. The van der Waals surface area contributed by atoms with Gasteiger partial charge in [0.15, 0.2) is 0 Å². The van der Waals surface area contributed by atoms with Crippen LogP contribution >= 0.6 is 0 Å². The minimum Gasteiger partial charge on any atom is -0.461 e. The highest BCUT2D eigenvalue weighted by molar-refractivity contribution is 5.81. The van der Waals surface area contributed by atoms with Gasteiger partial charge in [0, 0.05) is 6.08 Å². The SMILES string of the molecule is C/C=C\C(=O)OCCC#N. The van der Waals surface area contributed by atoms with Crippen LogP contribution < -0.4 is 0 Å². The Kier molecular flexibility index (Phi) is 5.07. The molecule has 3 nitrogen and oxygen atoms in total. The zero-order valence-electron chi connectivity index (χ0n) is 5.83. The summed E-state index contributed by atoms with van der Waals surface area (Å²) in [5.74, 6) is -0.391. The maximum Gasteiger partial charge on any atom is 0.330 e. The van der Waals surface area contributed by atoms with Crippen molar-refractivity contribution in [2.24, 2.45) is 0 Å². The van der Waals surface area contributed by atoms with E-state index in [1.165, 1.54) is 6.08 Å². The monoisotopic (exact) mass is 139 g/mol. The Hall–Kier alpha value is -1.30. The van der Waals surface area contributed by atoms with E-state index in [1.54, 1.807) is 13.0 Å². The van der Waals surface area contributed by atoms with Gasteiger partial charge in [0.1, 0.15) is 6.61 Å². The number of allylic oxidation sites excluding steroid dienone is 1. The first-order chi connectivity index (χ1) is 4.81. The highest BCUT2D eigenvalue weighted by Crippen LogP contribution is 1.83. The summed E-state index contributed by atoms with van der Waals surface area (Å²) in [6, 6.07) is 1.86. The minimum absolute atomic E-state index is 0.180. The van der Waals surface area contributed by atoms with Gasteiger partial charge in [0.05, 0.1) is 12.5 Å². The van der Waals surface area contributed by atoms with Crippen LogP contribution in [0.2, 0.25) is 0 Å². The Labute approximate surface area is 59.9 Å². The Morgan fingerprint density at radius 2 is 2.50 bits per heavy atom. The molecule has 0 atom stereocenters. The minimum atomic E-state index is -0.391. The first kappa shape index (κ1) is 8.70. The third-order valence-electron chi connectivity index (χ3n) is 0.761. The van der Waals surface area contributed by atoms with Crippen LogP contribution in [0.5, 0.6) is 0 Å². The van der Waals surface area contributed by atoms with Gasteiger partial charge in [0.25, 0.3) is 0 Å². The summed E-state index contributed by atoms with van der Waals surface area (Å²) in [6.45, 7) is 1.91. The molecule has 0 aliphatic rings. The third-order valence-corrected chi connectivity index (χ3v) is 0.761. The molecular formula is C7H9NO2. The summed E-state index contributed by atoms with van der Waals surface area (Å²) in [5.41, 5.74) is 0. The Morgan fingerprint density at radius 1 is 1.80 bits per heavy atom. The van der Waals surface area contributed by atoms with Gasteiger partial charge in [-0.15, -0.1) is 0 Å². The van der Waals surface area contributed by atoms with Crippen molar-refractivity contribution in [1.29, 1.82) is 5.26 Å². The van der Waals surface area contributed by atoms with E-state index in [0.717, 1.165) is 0 Å². The predicted octanol–water partition coefficient (Wildman–Crippen LogP) is 1.02. The van der Waals surface area contributed by atoms with E-state index in [1.807, 2.05) is 6.07 Å². The predicted molar refractivity (Wildman–Crippen MR) is 36.0 cm³/mol. The summed E-state index contributed by atoms with van der Waals surface area (Å²) >= 11 is 0. The van der Waals surface area contributed by atoms with Crippen molar-refractivity contribution >= 4 is 5.97 Å². The number of nitrogens with zero attached hydrogens (tertiary/aromatic N) is 1.